The van der Waals surface area contributed by atoms with Crippen molar-refractivity contribution >= 4 is 11.8 Å². The summed E-state index contributed by atoms with van der Waals surface area (Å²) in [6.07, 6.45) is 2.00. The summed E-state index contributed by atoms with van der Waals surface area (Å²) >= 11 is 1.62. The Labute approximate surface area is 116 Å². The second-order valence-electron chi connectivity index (χ2n) is 4.06. The van der Waals surface area contributed by atoms with Gasteiger partial charge in [0.2, 0.25) is 0 Å². The lowest BCUT2D eigenvalue weighted by Crippen LogP contribution is -2.05. The van der Waals surface area contributed by atoms with Gasteiger partial charge in [0.05, 0.1) is 0 Å². The van der Waals surface area contributed by atoms with Crippen molar-refractivity contribution in [3.8, 4) is 5.75 Å². The van der Waals surface area contributed by atoms with Crippen LogP contribution in [-0.2, 0) is 13.2 Å². The van der Waals surface area contributed by atoms with Gasteiger partial charge in [-0.15, -0.1) is 11.8 Å². The van der Waals surface area contributed by atoms with Crippen LogP contribution in [0, 0.1) is 5.82 Å². The van der Waals surface area contributed by atoms with E-state index in [1.54, 1.807) is 17.8 Å². The van der Waals surface area contributed by atoms with Gasteiger partial charge in [0, 0.05) is 11.4 Å². The fourth-order valence-corrected chi connectivity index (χ4v) is 2.36. The van der Waals surface area contributed by atoms with Gasteiger partial charge in [0.25, 0.3) is 0 Å². The van der Waals surface area contributed by atoms with Crippen LogP contribution in [0.1, 0.15) is 11.1 Å². The summed E-state index contributed by atoms with van der Waals surface area (Å²) in [4.78, 5) is 1.06. The average Bonchev–Trinajstić information content (AvgIpc) is 2.45. The molecule has 2 rings (SSSR count). The second-order valence-corrected chi connectivity index (χ2v) is 4.90. The largest absolute Gasteiger partial charge is 0.488 e. The number of para-hydroxylation sites is 1. The standard InChI is InChI=1S/C15H16FNOS/c1-19-15-5-3-2-4-14(15)18-10-12-8-13(16)7-6-11(12)9-17/h2-8H,9-10,17H2,1H3. The molecule has 0 radical (unpaired) electrons. The lowest BCUT2D eigenvalue weighted by Gasteiger charge is -2.12. The lowest BCUT2D eigenvalue weighted by atomic mass is 10.1. The maximum absolute atomic E-state index is 13.3. The highest BCUT2D eigenvalue weighted by molar-refractivity contribution is 7.98. The monoisotopic (exact) mass is 277 g/mol. The zero-order chi connectivity index (χ0) is 13.7. The lowest BCUT2D eigenvalue weighted by molar-refractivity contribution is 0.297. The van der Waals surface area contributed by atoms with Gasteiger partial charge in [-0.3, -0.25) is 0 Å². The molecule has 0 fully saturated rings. The summed E-state index contributed by atoms with van der Waals surface area (Å²) in [5, 5.41) is 0. The minimum atomic E-state index is -0.269. The third kappa shape index (κ3) is 3.49. The van der Waals surface area contributed by atoms with Gasteiger partial charge in [0.15, 0.2) is 0 Å². The van der Waals surface area contributed by atoms with E-state index in [0.717, 1.165) is 21.8 Å². The molecule has 4 heteroatoms. The van der Waals surface area contributed by atoms with Crippen LogP contribution in [0.25, 0.3) is 0 Å². The van der Waals surface area contributed by atoms with Gasteiger partial charge < -0.3 is 10.5 Å². The van der Waals surface area contributed by atoms with Crippen molar-refractivity contribution in [2.24, 2.45) is 5.73 Å². The van der Waals surface area contributed by atoms with Crippen LogP contribution >= 0.6 is 11.8 Å². The second kappa shape index (κ2) is 6.59. The fourth-order valence-electron chi connectivity index (χ4n) is 1.82. The van der Waals surface area contributed by atoms with Crippen molar-refractivity contribution in [1.82, 2.24) is 0 Å². The number of halogens is 1. The van der Waals surface area contributed by atoms with E-state index in [9.17, 15) is 4.39 Å². The smallest absolute Gasteiger partial charge is 0.133 e. The molecule has 0 heterocycles. The molecule has 0 aliphatic rings. The van der Waals surface area contributed by atoms with Gasteiger partial charge >= 0.3 is 0 Å². The quantitative estimate of drug-likeness (QED) is 0.848. The van der Waals surface area contributed by atoms with Crippen LogP contribution in [0.4, 0.5) is 4.39 Å². The van der Waals surface area contributed by atoms with E-state index >= 15 is 0 Å². The summed E-state index contributed by atoms with van der Waals surface area (Å²) in [6, 6.07) is 12.4. The van der Waals surface area contributed by atoms with Crippen LogP contribution in [-0.4, -0.2) is 6.26 Å². The molecular weight excluding hydrogens is 261 g/mol. The highest BCUT2D eigenvalue weighted by Gasteiger charge is 2.06. The summed E-state index contributed by atoms with van der Waals surface area (Å²) in [7, 11) is 0. The first-order chi connectivity index (χ1) is 9.24. The highest BCUT2D eigenvalue weighted by Crippen LogP contribution is 2.27. The minimum Gasteiger partial charge on any atom is -0.488 e. The Morgan fingerprint density at radius 2 is 1.95 bits per heavy atom. The van der Waals surface area contributed by atoms with E-state index in [1.807, 2.05) is 30.5 Å². The molecule has 2 aromatic rings. The molecule has 0 aromatic heterocycles. The highest BCUT2D eigenvalue weighted by atomic mass is 32.2. The molecule has 100 valence electrons. The molecular formula is C15H16FNOS. The van der Waals surface area contributed by atoms with E-state index in [0.29, 0.717) is 13.2 Å². The SMILES string of the molecule is CSc1ccccc1OCc1cc(F)ccc1CN. The third-order valence-corrected chi connectivity index (χ3v) is 3.62. The number of hydrogen-bond acceptors (Lipinski definition) is 3. The summed E-state index contributed by atoms with van der Waals surface area (Å²) in [5.74, 6) is 0.538. The van der Waals surface area contributed by atoms with E-state index in [-0.39, 0.29) is 5.82 Å². The van der Waals surface area contributed by atoms with Gasteiger partial charge in [0.1, 0.15) is 18.2 Å². The molecule has 2 nitrogen and oxygen atoms in total. The number of rotatable bonds is 5. The molecule has 19 heavy (non-hydrogen) atoms. The fraction of sp³-hybridized carbons (Fsp3) is 0.200. The zero-order valence-electron chi connectivity index (χ0n) is 10.7. The third-order valence-electron chi connectivity index (χ3n) is 2.84. The number of benzene rings is 2. The van der Waals surface area contributed by atoms with Crippen molar-refractivity contribution in [3.05, 3.63) is 59.4 Å². The molecule has 0 saturated carbocycles. The van der Waals surface area contributed by atoms with Crippen molar-refractivity contribution in [1.29, 1.82) is 0 Å². The molecule has 0 bridgehead atoms. The topological polar surface area (TPSA) is 35.2 Å². The maximum atomic E-state index is 13.3. The predicted molar refractivity (Wildman–Crippen MR) is 76.8 cm³/mol. The van der Waals surface area contributed by atoms with E-state index in [2.05, 4.69) is 0 Å². The van der Waals surface area contributed by atoms with E-state index in [1.165, 1.54) is 12.1 Å². The molecule has 0 saturated heterocycles. The summed E-state index contributed by atoms with van der Waals surface area (Å²) < 4.78 is 19.0. The predicted octanol–water partition coefficient (Wildman–Crippen LogP) is 3.59. The Hall–Kier alpha value is -1.52. The van der Waals surface area contributed by atoms with Gasteiger partial charge in [-0.25, -0.2) is 4.39 Å². The molecule has 0 unspecified atom stereocenters. The maximum Gasteiger partial charge on any atom is 0.133 e. The molecule has 2 N–H and O–H groups in total. The van der Waals surface area contributed by atoms with E-state index in [4.69, 9.17) is 10.5 Å². The molecule has 2 aromatic carbocycles. The van der Waals surface area contributed by atoms with Crippen LogP contribution in [0.5, 0.6) is 5.75 Å². The first-order valence-electron chi connectivity index (χ1n) is 5.97. The van der Waals surface area contributed by atoms with Crippen molar-refractivity contribution < 1.29 is 9.13 Å². The average molecular weight is 277 g/mol. The van der Waals surface area contributed by atoms with Crippen LogP contribution < -0.4 is 10.5 Å². The van der Waals surface area contributed by atoms with Crippen molar-refractivity contribution in [3.63, 3.8) is 0 Å². The van der Waals surface area contributed by atoms with Gasteiger partial charge in [-0.2, -0.15) is 0 Å². The summed E-state index contributed by atoms with van der Waals surface area (Å²) in [5.41, 5.74) is 7.34. The van der Waals surface area contributed by atoms with Crippen LogP contribution in [0.15, 0.2) is 47.4 Å². The molecule has 0 aliphatic heterocycles. The van der Waals surface area contributed by atoms with Crippen molar-refractivity contribution in [2.45, 2.75) is 18.0 Å². The number of thioether (sulfide) groups is 1. The molecule has 0 spiro atoms. The first kappa shape index (κ1) is 13.9. The Balaban J connectivity index is 2.16. The van der Waals surface area contributed by atoms with Crippen molar-refractivity contribution in [2.75, 3.05) is 6.26 Å². The minimum absolute atomic E-state index is 0.269. The number of nitrogens with two attached hydrogens (primary N) is 1. The van der Waals surface area contributed by atoms with E-state index < -0.39 is 0 Å². The Morgan fingerprint density at radius 3 is 2.68 bits per heavy atom. The van der Waals surface area contributed by atoms with Crippen LogP contribution in [0.3, 0.4) is 0 Å². The normalized spacial score (nSPS) is 10.5. The molecule has 0 amide bonds. The summed E-state index contributed by atoms with van der Waals surface area (Å²) in [6.45, 7) is 0.699. The van der Waals surface area contributed by atoms with Gasteiger partial charge in [-0.1, -0.05) is 18.2 Å². The zero-order valence-corrected chi connectivity index (χ0v) is 11.5. The Bertz CT molecular complexity index is 560. The Kier molecular flexibility index (Phi) is 4.82. The first-order valence-corrected chi connectivity index (χ1v) is 7.20. The number of ether oxygens (including phenoxy) is 1. The van der Waals surface area contributed by atoms with Crippen LogP contribution in [0.2, 0.25) is 0 Å². The number of hydrogen-bond donors (Lipinski definition) is 1. The molecule has 0 aliphatic carbocycles. The van der Waals surface area contributed by atoms with Gasteiger partial charge in [-0.05, 0) is 41.6 Å². The Morgan fingerprint density at radius 1 is 1.16 bits per heavy atom. The molecule has 0 atom stereocenters.